The van der Waals surface area contributed by atoms with Crippen LogP contribution in [0.3, 0.4) is 0 Å². The SMILES string of the molecule is CNC(=O)c1ccc(C)c(NC(=O)c2cc(-c3ccc(C)cc3)n[nH]2)c1. The standard InChI is InChI=1S/C20H20N4O2/c1-12-4-7-14(8-5-12)17-11-18(24-23-17)20(26)22-16-10-15(19(25)21-3)9-6-13(16)2/h4-11H,1-3H3,(H,21,25)(H,22,26)(H,23,24). The number of anilines is 1. The van der Waals surface area contributed by atoms with Gasteiger partial charge < -0.3 is 10.6 Å². The highest BCUT2D eigenvalue weighted by molar-refractivity contribution is 6.05. The maximum absolute atomic E-state index is 12.5. The maximum Gasteiger partial charge on any atom is 0.273 e. The molecule has 0 saturated carbocycles. The fourth-order valence-corrected chi connectivity index (χ4v) is 2.54. The first-order valence-corrected chi connectivity index (χ1v) is 8.24. The lowest BCUT2D eigenvalue weighted by atomic mass is 10.1. The Labute approximate surface area is 151 Å². The zero-order valence-electron chi connectivity index (χ0n) is 14.9. The molecule has 0 aliphatic carbocycles. The van der Waals surface area contributed by atoms with E-state index >= 15 is 0 Å². The molecule has 0 bridgehead atoms. The van der Waals surface area contributed by atoms with Gasteiger partial charge in [-0.15, -0.1) is 0 Å². The molecule has 6 nitrogen and oxygen atoms in total. The third-order valence-electron chi connectivity index (χ3n) is 4.14. The number of carbonyl (C=O) groups is 2. The van der Waals surface area contributed by atoms with Crippen molar-refractivity contribution < 1.29 is 9.59 Å². The molecular weight excluding hydrogens is 328 g/mol. The minimum absolute atomic E-state index is 0.205. The molecule has 2 amide bonds. The van der Waals surface area contributed by atoms with Crippen LogP contribution < -0.4 is 10.6 Å². The minimum atomic E-state index is -0.312. The van der Waals surface area contributed by atoms with Crippen molar-refractivity contribution in [2.75, 3.05) is 12.4 Å². The van der Waals surface area contributed by atoms with Gasteiger partial charge in [0.2, 0.25) is 0 Å². The Bertz CT molecular complexity index is 958. The van der Waals surface area contributed by atoms with Gasteiger partial charge in [-0.3, -0.25) is 14.7 Å². The van der Waals surface area contributed by atoms with Gasteiger partial charge in [0.05, 0.1) is 5.69 Å². The Morgan fingerprint density at radius 2 is 1.69 bits per heavy atom. The summed E-state index contributed by atoms with van der Waals surface area (Å²) in [5, 5.41) is 12.4. The summed E-state index contributed by atoms with van der Waals surface area (Å²) in [6, 6.07) is 14.8. The Morgan fingerprint density at radius 3 is 2.38 bits per heavy atom. The summed E-state index contributed by atoms with van der Waals surface area (Å²) in [6.07, 6.45) is 0. The largest absolute Gasteiger partial charge is 0.355 e. The monoisotopic (exact) mass is 348 g/mol. The highest BCUT2D eigenvalue weighted by Crippen LogP contribution is 2.20. The summed E-state index contributed by atoms with van der Waals surface area (Å²) >= 11 is 0. The fraction of sp³-hybridized carbons (Fsp3) is 0.150. The lowest BCUT2D eigenvalue weighted by Gasteiger charge is -2.09. The normalized spacial score (nSPS) is 10.4. The number of amides is 2. The van der Waals surface area contributed by atoms with E-state index in [4.69, 9.17) is 0 Å². The van der Waals surface area contributed by atoms with E-state index in [-0.39, 0.29) is 11.8 Å². The molecule has 0 aliphatic heterocycles. The van der Waals surface area contributed by atoms with Gasteiger partial charge in [0, 0.05) is 23.9 Å². The van der Waals surface area contributed by atoms with Gasteiger partial charge in [0.25, 0.3) is 11.8 Å². The average Bonchev–Trinajstić information content (AvgIpc) is 3.13. The van der Waals surface area contributed by atoms with E-state index in [1.165, 1.54) is 0 Å². The van der Waals surface area contributed by atoms with E-state index in [0.29, 0.717) is 22.6 Å². The molecule has 0 aliphatic rings. The number of hydrogen-bond donors (Lipinski definition) is 3. The first kappa shape index (κ1) is 17.4. The molecule has 0 fully saturated rings. The number of aromatic nitrogens is 2. The number of nitrogens with zero attached hydrogens (tertiary/aromatic N) is 1. The van der Waals surface area contributed by atoms with Gasteiger partial charge in [-0.2, -0.15) is 5.10 Å². The highest BCUT2D eigenvalue weighted by atomic mass is 16.2. The molecule has 132 valence electrons. The number of carbonyl (C=O) groups excluding carboxylic acids is 2. The number of rotatable bonds is 4. The molecule has 6 heteroatoms. The van der Waals surface area contributed by atoms with Crippen LogP contribution in [0.5, 0.6) is 0 Å². The quantitative estimate of drug-likeness (QED) is 0.676. The summed E-state index contributed by atoms with van der Waals surface area (Å²) in [6.45, 7) is 3.89. The van der Waals surface area contributed by atoms with Gasteiger partial charge in [0.15, 0.2) is 0 Å². The Kier molecular flexibility index (Phi) is 4.84. The van der Waals surface area contributed by atoms with Gasteiger partial charge >= 0.3 is 0 Å². The first-order chi connectivity index (χ1) is 12.5. The van der Waals surface area contributed by atoms with Crippen molar-refractivity contribution in [2.24, 2.45) is 0 Å². The van der Waals surface area contributed by atoms with Crippen LogP contribution in [0.1, 0.15) is 32.0 Å². The predicted octanol–water partition coefficient (Wildman–Crippen LogP) is 3.31. The number of benzene rings is 2. The summed E-state index contributed by atoms with van der Waals surface area (Å²) in [5.41, 5.74) is 5.08. The van der Waals surface area contributed by atoms with Crippen LogP contribution in [0, 0.1) is 13.8 Å². The molecule has 0 saturated heterocycles. The molecule has 3 aromatic rings. The van der Waals surface area contributed by atoms with Crippen LogP contribution in [0.25, 0.3) is 11.3 Å². The first-order valence-electron chi connectivity index (χ1n) is 8.24. The third kappa shape index (κ3) is 3.64. The zero-order chi connectivity index (χ0) is 18.7. The number of aromatic amines is 1. The van der Waals surface area contributed by atoms with Crippen LogP contribution >= 0.6 is 0 Å². The number of nitrogens with one attached hydrogen (secondary N) is 3. The molecular formula is C20H20N4O2. The van der Waals surface area contributed by atoms with Crippen molar-refractivity contribution >= 4 is 17.5 Å². The smallest absolute Gasteiger partial charge is 0.273 e. The van der Waals surface area contributed by atoms with E-state index < -0.39 is 0 Å². The van der Waals surface area contributed by atoms with E-state index in [2.05, 4.69) is 20.8 Å². The Hall–Kier alpha value is -3.41. The molecule has 0 atom stereocenters. The van der Waals surface area contributed by atoms with Gasteiger partial charge in [-0.25, -0.2) is 0 Å². The van der Waals surface area contributed by atoms with E-state index in [1.54, 1.807) is 31.3 Å². The van der Waals surface area contributed by atoms with Gasteiger partial charge in [-0.1, -0.05) is 35.9 Å². The van der Waals surface area contributed by atoms with Crippen molar-refractivity contribution in [3.8, 4) is 11.3 Å². The topological polar surface area (TPSA) is 86.9 Å². The molecule has 0 unspecified atom stereocenters. The minimum Gasteiger partial charge on any atom is -0.355 e. The van der Waals surface area contributed by atoms with E-state index in [9.17, 15) is 9.59 Å². The average molecular weight is 348 g/mol. The predicted molar refractivity (Wildman–Crippen MR) is 101 cm³/mol. The lowest BCUT2D eigenvalue weighted by Crippen LogP contribution is -2.19. The molecule has 1 aromatic heterocycles. The molecule has 2 aromatic carbocycles. The van der Waals surface area contributed by atoms with Crippen LogP contribution in [0.15, 0.2) is 48.5 Å². The van der Waals surface area contributed by atoms with Gasteiger partial charge in [-0.05, 0) is 37.6 Å². The second kappa shape index (κ2) is 7.23. The van der Waals surface area contributed by atoms with Crippen molar-refractivity contribution in [3.05, 3.63) is 70.9 Å². The second-order valence-corrected chi connectivity index (χ2v) is 6.10. The van der Waals surface area contributed by atoms with Gasteiger partial charge in [0.1, 0.15) is 5.69 Å². The summed E-state index contributed by atoms with van der Waals surface area (Å²) < 4.78 is 0. The number of hydrogen-bond acceptors (Lipinski definition) is 3. The summed E-state index contributed by atoms with van der Waals surface area (Å²) in [4.78, 5) is 24.3. The van der Waals surface area contributed by atoms with Crippen LogP contribution in [-0.4, -0.2) is 29.1 Å². The fourth-order valence-electron chi connectivity index (χ4n) is 2.54. The van der Waals surface area contributed by atoms with Crippen LogP contribution in [0.4, 0.5) is 5.69 Å². The van der Waals surface area contributed by atoms with Crippen molar-refractivity contribution in [1.29, 1.82) is 0 Å². The lowest BCUT2D eigenvalue weighted by molar-refractivity contribution is 0.0961. The molecule has 3 N–H and O–H groups in total. The second-order valence-electron chi connectivity index (χ2n) is 6.10. The Morgan fingerprint density at radius 1 is 0.962 bits per heavy atom. The summed E-state index contributed by atoms with van der Waals surface area (Å²) in [5.74, 6) is -0.517. The maximum atomic E-state index is 12.5. The third-order valence-corrected chi connectivity index (χ3v) is 4.14. The van der Waals surface area contributed by atoms with Crippen LogP contribution in [0.2, 0.25) is 0 Å². The van der Waals surface area contributed by atoms with Crippen molar-refractivity contribution in [2.45, 2.75) is 13.8 Å². The highest BCUT2D eigenvalue weighted by Gasteiger charge is 2.14. The van der Waals surface area contributed by atoms with Crippen molar-refractivity contribution in [3.63, 3.8) is 0 Å². The molecule has 1 heterocycles. The van der Waals surface area contributed by atoms with E-state index in [1.807, 2.05) is 38.1 Å². The molecule has 0 spiro atoms. The Balaban J connectivity index is 1.81. The molecule has 26 heavy (non-hydrogen) atoms. The van der Waals surface area contributed by atoms with Crippen LogP contribution in [-0.2, 0) is 0 Å². The summed E-state index contributed by atoms with van der Waals surface area (Å²) in [7, 11) is 1.57. The van der Waals surface area contributed by atoms with E-state index in [0.717, 1.165) is 16.7 Å². The zero-order valence-corrected chi connectivity index (χ0v) is 14.9. The van der Waals surface area contributed by atoms with Crippen molar-refractivity contribution in [1.82, 2.24) is 15.5 Å². The number of H-pyrrole nitrogens is 1. The molecule has 0 radical (unpaired) electrons. The molecule has 3 rings (SSSR count). The number of aryl methyl sites for hydroxylation is 2.